The van der Waals surface area contributed by atoms with Crippen molar-refractivity contribution < 1.29 is 22.4 Å². The number of nitrogens with zero attached hydrogens (tertiary/aromatic N) is 1. The van der Waals surface area contributed by atoms with Crippen LogP contribution >= 0.6 is 0 Å². The molecule has 1 aromatic carbocycles. The Bertz CT molecular complexity index is 530. The Morgan fingerprint density at radius 1 is 1.26 bits per heavy atom. The second kappa shape index (κ2) is 7.44. The topological polar surface area (TPSA) is 137 Å². The molecule has 0 heterocycles. The lowest BCUT2D eigenvalue weighted by atomic mass is 10.3. The van der Waals surface area contributed by atoms with E-state index in [1.165, 1.54) is 0 Å². The van der Waals surface area contributed by atoms with E-state index in [0.29, 0.717) is 23.4 Å². The Balaban J connectivity index is 0.000000555. The van der Waals surface area contributed by atoms with E-state index < -0.39 is 10.1 Å². The van der Waals surface area contributed by atoms with Crippen molar-refractivity contribution >= 4 is 21.8 Å². The third-order valence-electron chi connectivity index (χ3n) is 1.64. The first-order valence-electron chi connectivity index (χ1n) is 4.91. The monoisotopic (exact) mass is 291 g/mol. The SMILES string of the molecule is COc1ccc(OC)c(N=C(N)N)c1.CS(=O)(=O)O. The van der Waals surface area contributed by atoms with Crippen molar-refractivity contribution in [1.29, 1.82) is 0 Å². The zero-order valence-corrected chi connectivity index (χ0v) is 11.6. The van der Waals surface area contributed by atoms with E-state index in [9.17, 15) is 8.42 Å². The van der Waals surface area contributed by atoms with Gasteiger partial charge >= 0.3 is 0 Å². The number of aliphatic imine (C=N–C) groups is 1. The highest BCUT2D eigenvalue weighted by molar-refractivity contribution is 7.85. The number of ether oxygens (including phenoxy) is 2. The molecule has 5 N–H and O–H groups in total. The Morgan fingerprint density at radius 2 is 1.79 bits per heavy atom. The van der Waals surface area contributed by atoms with Crippen LogP contribution in [-0.4, -0.2) is 39.4 Å². The van der Waals surface area contributed by atoms with Gasteiger partial charge in [-0.3, -0.25) is 4.55 Å². The molecule has 0 bridgehead atoms. The second-order valence-electron chi connectivity index (χ2n) is 3.31. The second-order valence-corrected chi connectivity index (χ2v) is 4.77. The summed E-state index contributed by atoms with van der Waals surface area (Å²) in [5, 5.41) is 0. The maximum atomic E-state index is 9.19. The average molecular weight is 291 g/mol. The molecule has 0 aliphatic rings. The third-order valence-corrected chi connectivity index (χ3v) is 1.64. The summed E-state index contributed by atoms with van der Waals surface area (Å²) < 4.78 is 36.0. The molecule has 1 rings (SSSR count). The van der Waals surface area contributed by atoms with Crippen LogP contribution < -0.4 is 20.9 Å². The predicted octanol–water partition coefficient (Wildman–Crippen LogP) is 0.113. The van der Waals surface area contributed by atoms with Crippen LogP contribution in [0.15, 0.2) is 23.2 Å². The van der Waals surface area contributed by atoms with Crippen molar-refractivity contribution in [3.05, 3.63) is 18.2 Å². The fourth-order valence-electron chi connectivity index (χ4n) is 1.02. The average Bonchev–Trinajstić information content (AvgIpc) is 2.26. The summed E-state index contributed by atoms with van der Waals surface area (Å²) in [5.41, 5.74) is 11.1. The molecular weight excluding hydrogens is 274 g/mol. The number of rotatable bonds is 3. The fraction of sp³-hybridized carbons (Fsp3) is 0.300. The van der Waals surface area contributed by atoms with Crippen LogP contribution in [0.3, 0.4) is 0 Å². The Kier molecular flexibility index (Phi) is 6.66. The summed E-state index contributed by atoms with van der Waals surface area (Å²) in [6.07, 6.45) is 0.715. The van der Waals surface area contributed by atoms with Crippen LogP contribution in [0.2, 0.25) is 0 Å². The lowest BCUT2D eigenvalue weighted by Crippen LogP contribution is -2.21. The van der Waals surface area contributed by atoms with E-state index in [0.717, 1.165) is 0 Å². The van der Waals surface area contributed by atoms with Crippen LogP contribution in [0.5, 0.6) is 11.5 Å². The molecule has 0 unspecified atom stereocenters. The van der Waals surface area contributed by atoms with E-state index in [-0.39, 0.29) is 5.96 Å². The van der Waals surface area contributed by atoms with Gasteiger partial charge in [-0.1, -0.05) is 0 Å². The molecule has 0 atom stereocenters. The largest absolute Gasteiger partial charge is 0.497 e. The van der Waals surface area contributed by atoms with Crippen molar-refractivity contribution in [2.45, 2.75) is 0 Å². The molecule has 8 nitrogen and oxygen atoms in total. The number of nitrogens with two attached hydrogens (primary N) is 2. The molecular formula is C10H17N3O5S. The maximum Gasteiger partial charge on any atom is 0.261 e. The van der Waals surface area contributed by atoms with Gasteiger partial charge in [-0.15, -0.1) is 0 Å². The van der Waals surface area contributed by atoms with Gasteiger partial charge in [0.15, 0.2) is 5.96 Å². The van der Waals surface area contributed by atoms with Crippen LogP contribution in [0.1, 0.15) is 0 Å². The fourth-order valence-corrected chi connectivity index (χ4v) is 1.02. The lowest BCUT2D eigenvalue weighted by Gasteiger charge is -2.06. The first kappa shape index (κ1) is 17.0. The van der Waals surface area contributed by atoms with E-state index in [1.807, 2.05) is 0 Å². The van der Waals surface area contributed by atoms with Crippen LogP contribution in [0.25, 0.3) is 0 Å². The molecule has 0 aliphatic heterocycles. The summed E-state index contributed by atoms with van der Waals surface area (Å²) in [5.74, 6) is 1.25. The molecule has 0 radical (unpaired) electrons. The first-order chi connectivity index (χ1) is 8.67. The normalized spacial score (nSPS) is 9.89. The smallest absolute Gasteiger partial charge is 0.261 e. The molecule has 9 heteroatoms. The Morgan fingerprint density at radius 3 is 2.16 bits per heavy atom. The minimum atomic E-state index is -3.67. The molecule has 0 saturated heterocycles. The zero-order valence-electron chi connectivity index (χ0n) is 10.8. The van der Waals surface area contributed by atoms with Gasteiger partial charge in [-0.25, -0.2) is 4.99 Å². The zero-order chi connectivity index (χ0) is 15.1. The van der Waals surface area contributed by atoms with Gasteiger partial charge in [0.25, 0.3) is 10.1 Å². The number of methoxy groups -OCH3 is 2. The third kappa shape index (κ3) is 8.69. The van der Waals surface area contributed by atoms with Crippen LogP contribution in [0, 0.1) is 0 Å². The van der Waals surface area contributed by atoms with Gasteiger partial charge in [0, 0.05) is 6.07 Å². The number of guanidine groups is 1. The molecule has 0 aromatic heterocycles. The Hall–Kier alpha value is -2.00. The van der Waals surface area contributed by atoms with Crippen molar-refractivity contribution in [3.8, 4) is 11.5 Å². The van der Waals surface area contributed by atoms with Gasteiger partial charge in [-0.05, 0) is 12.1 Å². The maximum absolute atomic E-state index is 9.19. The van der Waals surface area contributed by atoms with Gasteiger partial charge in [0.05, 0.1) is 20.5 Å². The van der Waals surface area contributed by atoms with Gasteiger partial charge in [0.2, 0.25) is 0 Å². The number of hydrogen-bond donors (Lipinski definition) is 3. The van der Waals surface area contributed by atoms with Crippen molar-refractivity contribution in [1.82, 2.24) is 0 Å². The molecule has 0 aliphatic carbocycles. The van der Waals surface area contributed by atoms with Crippen LogP contribution in [-0.2, 0) is 10.1 Å². The molecule has 1 aromatic rings. The van der Waals surface area contributed by atoms with Gasteiger partial charge < -0.3 is 20.9 Å². The highest BCUT2D eigenvalue weighted by Gasteiger charge is 2.03. The predicted molar refractivity (Wildman–Crippen MR) is 72.5 cm³/mol. The minimum Gasteiger partial charge on any atom is -0.497 e. The summed E-state index contributed by atoms with van der Waals surface area (Å²) in [4.78, 5) is 3.91. The summed E-state index contributed by atoms with van der Waals surface area (Å²) >= 11 is 0. The molecule has 0 fully saturated rings. The van der Waals surface area contributed by atoms with Crippen LogP contribution in [0.4, 0.5) is 5.69 Å². The van der Waals surface area contributed by atoms with Crippen molar-refractivity contribution in [2.24, 2.45) is 16.5 Å². The number of benzene rings is 1. The van der Waals surface area contributed by atoms with Crippen molar-refractivity contribution in [2.75, 3.05) is 20.5 Å². The summed E-state index contributed by atoms with van der Waals surface area (Å²) in [6, 6.07) is 5.20. The lowest BCUT2D eigenvalue weighted by molar-refractivity contribution is 0.404. The minimum absolute atomic E-state index is 0.0171. The van der Waals surface area contributed by atoms with Gasteiger partial charge in [-0.2, -0.15) is 8.42 Å². The van der Waals surface area contributed by atoms with E-state index in [1.54, 1.807) is 32.4 Å². The van der Waals surface area contributed by atoms with E-state index in [2.05, 4.69) is 4.99 Å². The highest BCUT2D eigenvalue weighted by atomic mass is 32.2. The number of hydrogen-bond acceptors (Lipinski definition) is 5. The van der Waals surface area contributed by atoms with Crippen molar-refractivity contribution in [3.63, 3.8) is 0 Å². The molecule has 0 saturated carbocycles. The van der Waals surface area contributed by atoms with Gasteiger partial charge in [0.1, 0.15) is 17.2 Å². The summed E-state index contributed by atoms with van der Waals surface area (Å²) in [7, 11) is -0.547. The standard InChI is InChI=1S/C9H13N3O2.CH4O3S/c1-13-6-3-4-8(14-2)7(5-6)12-9(10)11;1-5(2,3)4/h3-5H,1-2H3,(H4,10,11,12);1H3,(H,2,3,4). The quantitative estimate of drug-likeness (QED) is 0.408. The molecule has 0 spiro atoms. The molecule has 0 amide bonds. The highest BCUT2D eigenvalue weighted by Crippen LogP contribution is 2.31. The molecule has 108 valence electrons. The first-order valence-corrected chi connectivity index (χ1v) is 6.76. The van der Waals surface area contributed by atoms with E-state index >= 15 is 0 Å². The Labute approximate surface area is 111 Å². The molecule has 19 heavy (non-hydrogen) atoms. The summed E-state index contributed by atoms with van der Waals surface area (Å²) in [6.45, 7) is 0. The van der Waals surface area contributed by atoms with E-state index in [4.69, 9.17) is 25.5 Å².